The number of anilines is 1. The summed E-state index contributed by atoms with van der Waals surface area (Å²) in [5.74, 6) is -0.549. The molecule has 0 bridgehead atoms. The molecule has 2 aromatic rings. The Kier molecular flexibility index (Phi) is 4.83. The maximum atomic E-state index is 12.5. The lowest BCUT2D eigenvalue weighted by atomic mass is 9.99. The average molecular weight is 342 g/mol. The Labute approximate surface area is 144 Å². The predicted molar refractivity (Wildman–Crippen MR) is 90.7 cm³/mol. The fourth-order valence-corrected chi connectivity index (χ4v) is 2.89. The number of nitrogens with zero attached hydrogens (tertiary/aromatic N) is 1. The van der Waals surface area contributed by atoms with Gasteiger partial charge in [0.15, 0.2) is 0 Å². The number of carbonyl (C=O) groups excluding carboxylic acids is 2. The number of fused-ring (bicyclic) bond motifs is 1. The van der Waals surface area contributed by atoms with Gasteiger partial charge in [-0.05, 0) is 24.0 Å². The Hall–Kier alpha value is -3.09. The second-order valence-electron chi connectivity index (χ2n) is 5.65. The van der Waals surface area contributed by atoms with E-state index in [1.807, 2.05) is 30.3 Å². The minimum atomic E-state index is -0.614. The minimum Gasteiger partial charge on any atom is -0.465 e. The van der Waals surface area contributed by atoms with Gasteiger partial charge in [-0.1, -0.05) is 30.3 Å². The molecule has 0 fully saturated rings. The zero-order valence-electron chi connectivity index (χ0n) is 13.8. The highest BCUT2D eigenvalue weighted by atomic mass is 16.6. The van der Waals surface area contributed by atoms with Crippen LogP contribution in [-0.2, 0) is 22.5 Å². The van der Waals surface area contributed by atoms with E-state index in [2.05, 4.69) is 4.98 Å². The van der Waals surface area contributed by atoms with Gasteiger partial charge in [-0.25, -0.2) is 9.59 Å². The van der Waals surface area contributed by atoms with E-state index < -0.39 is 17.6 Å². The Morgan fingerprint density at radius 2 is 2.00 bits per heavy atom. The Morgan fingerprint density at radius 1 is 1.24 bits per heavy atom. The summed E-state index contributed by atoms with van der Waals surface area (Å²) in [6.07, 6.45) is 1.86. The van der Waals surface area contributed by atoms with E-state index in [0.717, 1.165) is 5.56 Å². The molecule has 7 heteroatoms. The maximum absolute atomic E-state index is 12.5. The summed E-state index contributed by atoms with van der Waals surface area (Å²) in [5.41, 5.74) is 1.35. The second kappa shape index (κ2) is 7.21. The molecule has 3 rings (SSSR count). The second-order valence-corrected chi connectivity index (χ2v) is 5.65. The number of ether oxygens (including phenoxy) is 2. The van der Waals surface area contributed by atoms with Gasteiger partial charge in [0.1, 0.15) is 12.3 Å². The number of carbonyl (C=O) groups is 2. The van der Waals surface area contributed by atoms with Crippen LogP contribution >= 0.6 is 0 Å². The van der Waals surface area contributed by atoms with Gasteiger partial charge < -0.3 is 14.5 Å². The van der Waals surface area contributed by atoms with Crippen LogP contribution in [0, 0.1) is 0 Å². The summed E-state index contributed by atoms with van der Waals surface area (Å²) < 4.78 is 10.1. The number of H-pyrrole nitrogens is 1. The summed E-state index contributed by atoms with van der Waals surface area (Å²) >= 11 is 0. The number of amides is 1. The number of aromatic amines is 1. The van der Waals surface area contributed by atoms with Crippen LogP contribution in [0.25, 0.3) is 0 Å². The van der Waals surface area contributed by atoms with Crippen molar-refractivity contribution in [3.8, 4) is 0 Å². The Balaban J connectivity index is 1.87. The molecule has 7 nitrogen and oxygen atoms in total. The van der Waals surface area contributed by atoms with Crippen molar-refractivity contribution in [3.63, 3.8) is 0 Å². The Bertz CT molecular complexity index is 844. The summed E-state index contributed by atoms with van der Waals surface area (Å²) in [6.45, 7) is 0.467. The first kappa shape index (κ1) is 16.8. The van der Waals surface area contributed by atoms with Crippen LogP contribution in [0.3, 0.4) is 0 Å². The SMILES string of the molecule is COC(=O)c1c[nH]c(=O)c2c1CCCN2C(=O)OCc1ccccc1. The van der Waals surface area contributed by atoms with E-state index in [1.54, 1.807) is 0 Å². The number of rotatable bonds is 3. The van der Waals surface area contributed by atoms with E-state index in [0.29, 0.717) is 24.9 Å². The van der Waals surface area contributed by atoms with E-state index in [4.69, 9.17) is 9.47 Å². The molecule has 1 aliphatic rings. The summed E-state index contributed by atoms with van der Waals surface area (Å²) in [5, 5.41) is 0. The molecule has 0 saturated heterocycles. The minimum absolute atomic E-state index is 0.111. The van der Waals surface area contributed by atoms with Crippen LogP contribution in [-0.4, -0.2) is 30.7 Å². The molecule has 0 radical (unpaired) electrons. The molecule has 1 amide bonds. The molecule has 2 heterocycles. The third-order valence-corrected chi connectivity index (χ3v) is 4.08. The van der Waals surface area contributed by atoms with Crippen molar-refractivity contribution >= 4 is 17.7 Å². The molecule has 1 aromatic carbocycles. The highest BCUT2D eigenvalue weighted by Gasteiger charge is 2.30. The number of hydrogen-bond donors (Lipinski definition) is 1. The summed E-state index contributed by atoms with van der Waals surface area (Å²) in [7, 11) is 1.27. The third-order valence-electron chi connectivity index (χ3n) is 4.08. The topological polar surface area (TPSA) is 88.7 Å². The van der Waals surface area contributed by atoms with Crippen molar-refractivity contribution < 1.29 is 19.1 Å². The lowest BCUT2D eigenvalue weighted by molar-refractivity contribution is 0.0598. The van der Waals surface area contributed by atoms with E-state index in [9.17, 15) is 14.4 Å². The molecular weight excluding hydrogens is 324 g/mol. The molecule has 1 aliphatic heterocycles. The highest BCUT2D eigenvalue weighted by Crippen LogP contribution is 2.27. The number of aromatic nitrogens is 1. The van der Waals surface area contributed by atoms with Crippen molar-refractivity contribution in [2.24, 2.45) is 0 Å². The van der Waals surface area contributed by atoms with Gasteiger partial charge in [0.2, 0.25) is 0 Å². The van der Waals surface area contributed by atoms with Gasteiger partial charge in [-0.2, -0.15) is 0 Å². The number of hydrogen-bond acceptors (Lipinski definition) is 5. The van der Waals surface area contributed by atoms with Crippen LogP contribution < -0.4 is 10.5 Å². The van der Waals surface area contributed by atoms with E-state index in [-0.39, 0.29) is 17.9 Å². The molecular formula is C18H18N2O5. The first-order valence-electron chi connectivity index (χ1n) is 7.93. The van der Waals surface area contributed by atoms with Crippen LogP contribution in [0.2, 0.25) is 0 Å². The highest BCUT2D eigenvalue weighted by molar-refractivity contribution is 5.96. The van der Waals surface area contributed by atoms with Gasteiger partial charge in [0.25, 0.3) is 5.56 Å². The zero-order chi connectivity index (χ0) is 17.8. The molecule has 0 aliphatic carbocycles. The molecule has 1 aromatic heterocycles. The predicted octanol–water partition coefficient (Wildman–Crippen LogP) is 2.25. The first-order chi connectivity index (χ1) is 12.1. The smallest absolute Gasteiger partial charge is 0.414 e. The van der Waals surface area contributed by atoms with Crippen molar-refractivity contribution in [3.05, 3.63) is 63.6 Å². The lowest BCUT2D eigenvalue weighted by Crippen LogP contribution is -2.40. The zero-order valence-corrected chi connectivity index (χ0v) is 13.8. The largest absolute Gasteiger partial charge is 0.465 e. The maximum Gasteiger partial charge on any atom is 0.414 e. The van der Waals surface area contributed by atoms with Gasteiger partial charge in [-0.3, -0.25) is 9.69 Å². The van der Waals surface area contributed by atoms with E-state index >= 15 is 0 Å². The molecule has 130 valence electrons. The normalized spacial score (nSPS) is 13.1. The Morgan fingerprint density at radius 3 is 2.72 bits per heavy atom. The van der Waals surface area contributed by atoms with Gasteiger partial charge in [-0.15, -0.1) is 0 Å². The monoisotopic (exact) mass is 342 g/mol. The summed E-state index contributed by atoms with van der Waals surface area (Å²) in [4.78, 5) is 40.4. The van der Waals surface area contributed by atoms with E-state index in [1.165, 1.54) is 18.2 Å². The molecule has 0 unspecified atom stereocenters. The van der Waals surface area contributed by atoms with Crippen molar-refractivity contribution in [1.29, 1.82) is 0 Å². The van der Waals surface area contributed by atoms with Gasteiger partial charge >= 0.3 is 12.1 Å². The average Bonchev–Trinajstić information content (AvgIpc) is 2.66. The number of nitrogens with one attached hydrogen (secondary N) is 1. The fraction of sp³-hybridized carbons (Fsp3) is 0.278. The lowest BCUT2D eigenvalue weighted by Gasteiger charge is -2.28. The van der Waals surface area contributed by atoms with Crippen molar-refractivity contribution in [2.75, 3.05) is 18.6 Å². The molecule has 0 atom stereocenters. The number of benzene rings is 1. The van der Waals surface area contributed by atoms with Crippen LogP contribution in [0.5, 0.6) is 0 Å². The number of esters is 1. The summed E-state index contributed by atoms with van der Waals surface area (Å²) in [6, 6.07) is 9.28. The number of methoxy groups -OCH3 is 1. The van der Waals surface area contributed by atoms with Gasteiger partial charge in [0.05, 0.1) is 12.7 Å². The number of pyridine rings is 1. The molecule has 0 spiro atoms. The fourth-order valence-electron chi connectivity index (χ4n) is 2.89. The molecule has 25 heavy (non-hydrogen) atoms. The molecule has 0 saturated carbocycles. The van der Waals surface area contributed by atoms with Crippen molar-refractivity contribution in [1.82, 2.24) is 4.98 Å². The van der Waals surface area contributed by atoms with Crippen molar-refractivity contribution in [2.45, 2.75) is 19.4 Å². The quantitative estimate of drug-likeness (QED) is 0.864. The van der Waals surface area contributed by atoms with Crippen LogP contribution in [0.15, 0.2) is 41.3 Å². The van der Waals surface area contributed by atoms with Crippen LogP contribution in [0.1, 0.15) is 27.9 Å². The standard InChI is InChI=1S/C18H18N2O5/c1-24-17(22)14-10-19-16(21)15-13(14)8-5-9-20(15)18(23)25-11-12-6-3-2-4-7-12/h2-4,6-7,10H,5,8-9,11H2,1H3,(H,19,21). The molecule has 1 N–H and O–H groups in total. The van der Waals surface area contributed by atoms with Crippen LogP contribution in [0.4, 0.5) is 10.5 Å². The first-order valence-corrected chi connectivity index (χ1v) is 7.93. The van der Waals surface area contributed by atoms with Gasteiger partial charge in [0, 0.05) is 12.7 Å². The third kappa shape index (κ3) is 3.40.